The van der Waals surface area contributed by atoms with Crippen molar-refractivity contribution < 1.29 is 14.2 Å². The van der Waals surface area contributed by atoms with Crippen LogP contribution in [0.5, 0.6) is 0 Å². The van der Waals surface area contributed by atoms with E-state index in [1.54, 1.807) is 20.4 Å². The first-order valence-electron chi connectivity index (χ1n) is 9.69. The molecule has 156 valence electrons. The van der Waals surface area contributed by atoms with Crippen LogP contribution in [-0.4, -0.2) is 61.1 Å². The molecular formula is C21H29ClN5O2+. The van der Waals surface area contributed by atoms with Gasteiger partial charge in [0.05, 0.1) is 30.9 Å². The van der Waals surface area contributed by atoms with Crippen LogP contribution in [0.3, 0.4) is 0 Å². The van der Waals surface area contributed by atoms with E-state index in [2.05, 4.69) is 52.7 Å². The maximum Gasteiger partial charge on any atom is 0.335 e. The molecule has 1 N–H and O–H groups in total. The molecule has 0 spiro atoms. The number of methoxy groups -OCH3 is 1. The molecule has 0 saturated heterocycles. The zero-order valence-corrected chi connectivity index (χ0v) is 18.3. The Morgan fingerprint density at radius 1 is 1.28 bits per heavy atom. The lowest BCUT2D eigenvalue weighted by Gasteiger charge is -2.34. The van der Waals surface area contributed by atoms with Gasteiger partial charge in [-0.2, -0.15) is 9.94 Å². The molecule has 0 aromatic carbocycles. The van der Waals surface area contributed by atoms with E-state index >= 15 is 0 Å². The van der Waals surface area contributed by atoms with E-state index in [0.717, 1.165) is 60.2 Å². The van der Waals surface area contributed by atoms with Crippen LogP contribution in [-0.2, 0) is 9.57 Å². The minimum Gasteiger partial charge on any atom is -0.452 e. The van der Waals surface area contributed by atoms with E-state index in [9.17, 15) is 0 Å². The van der Waals surface area contributed by atoms with Crippen LogP contribution in [0.15, 0.2) is 41.5 Å². The van der Waals surface area contributed by atoms with Gasteiger partial charge >= 0.3 is 5.88 Å². The molecule has 7 nitrogen and oxygen atoms in total. The Balaban J connectivity index is 0.00000240. The summed E-state index contributed by atoms with van der Waals surface area (Å²) in [5, 5.41) is 14.2. The van der Waals surface area contributed by atoms with Crippen LogP contribution in [0, 0.1) is 0 Å². The maximum absolute atomic E-state index is 6.04. The molecule has 0 radical (unpaired) electrons. The fourth-order valence-corrected chi connectivity index (χ4v) is 4.12. The van der Waals surface area contributed by atoms with Crippen LogP contribution >= 0.6 is 12.4 Å². The number of anilines is 1. The second-order valence-electron chi connectivity index (χ2n) is 7.49. The summed E-state index contributed by atoms with van der Waals surface area (Å²) in [7, 11) is 7.57. The quantitative estimate of drug-likeness (QED) is 0.536. The highest BCUT2D eigenvalue weighted by atomic mass is 35.5. The third kappa shape index (κ3) is 3.59. The minimum absolute atomic E-state index is 0. The van der Waals surface area contributed by atoms with Crippen LogP contribution in [0.25, 0.3) is 11.9 Å². The topological polar surface area (TPSA) is 59.5 Å². The Kier molecular flexibility index (Phi) is 6.43. The molecule has 0 bridgehead atoms. The largest absolute Gasteiger partial charge is 0.452 e. The van der Waals surface area contributed by atoms with Crippen LogP contribution in [0.4, 0.5) is 5.82 Å². The first-order valence-corrected chi connectivity index (χ1v) is 9.69. The summed E-state index contributed by atoms with van der Waals surface area (Å²) < 4.78 is 5.87. The van der Waals surface area contributed by atoms with Crippen molar-refractivity contribution in [2.24, 2.45) is 0 Å². The van der Waals surface area contributed by atoms with Gasteiger partial charge in [0.2, 0.25) is 0 Å². The molecule has 0 saturated carbocycles. The van der Waals surface area contributed by atoms with E-state index in [-0.39, 0.29) is 17.1 Å². The Bertz CT molecular complexity index is 999. The molecule has 3 heterocycles. The number of halogens is 1. The number of nitrogens with zero attached hydrogens (tertiary/aromatic N) is 4. The lowest BCUT2D eigenvalue weighted by molar-refractivity contribution is -0.962. The first kappa shape index (κ1) is 21.5. The smallest absolute Gasteiger partial charge is 0.335 e. The molecule has 2 aliphatic heterocycles. The molecule has 1 atom stereocenters. The molecule has 0 fully saturated rings. The number of ether oxygens (including phenoxy) is 1. The number of nitrogens with one attached hydrogen (secondary N) is 1. The fourth-order valence-electron chi connectivity index (χ4n) is 4.12. The average molecular weight is 419 g/mol. The normalized spacial score (nSPS) is 21.7. The standard InChI is InChI=1S/C21H28N5O2.ClH/c1-25(2)11-7-10-22-21-19-16(13-23-24-21)14-26(28-4)18(27-3)12-15-8-5-6-9-17(15)20(19)26;/h6,9,12-14H,5,7-8,10-11H2,1-4H3,(H,22,24);1H/q+1;. The lowest BCUT2D eigenvalue weighted by Crippen LogP contribution is -2.42. The van der Waals surface area contributed by atoms with Crippen LogP contribution in [0.1, 0.15) is 19.3 Å². The second kappa shape index (κ2) is 8.67. The van der Waals surface area contributed by atoms with Gasteiger partial charge in [-0.1, -0.05) is 16.8 Å². The lowest BCUT2D eigenvalue weighted by atomic mass is 9.91. The third-order valence-corrected chi connectivity index (χ3v) is 5.43. The molecule has 1 aromatic heterocycles. The van der Waals surface area contributed by atoms with Gasteiger partial charge < -0.3 is 15.0 Å². The predicted octanol–water partition coefficient (Wildman–Crippen LogP) is 1.65. The van der Waals surface area contributed by atoms with E-state index < -0.39 is 0 Å². The summed E-state index contributed by atoms with van der Waals surface area (Å²) in [4.78, 5) is 8.22. The molecular weight excluding hydrogens is 390 g/mol. The zero-order valence-electron chi connectivity index (χ0n) is 17.4. The number of allylic oxidation sites excluding steroid dienone is 3. The van der Waals surface area contributed by atoms with Crippen molar-refractivity contribution in [3.05, 3.63) is 51.9 Å². The summed E-state index contributed by atoms with van der Waals surface area (Å²) in [6.07, 6.45) is 13.4. The van der Waals surface area contributed by atoms with Crippen LogP contribution < -0.4 is 15.8 Å². The van der Waals surface area contributed by atoms with Gasteiger partial charge in [-0.25, -0.2) is 0 Å². The molecule has 8 heteroatoms. The number of fused-ring (bicyclic) bond motifs is 3. The molecule has 0 amide bonds. The van der Waals surface area contributed by atoms with Crippen molar-refractivity contribution in [3.63, 3.8) is 0 Å². The molecule has 1 aliphatic carbocycles. The van der Waals surface area contributed by atoms with Gasteiger partial charge in [-0.3, -0.25) is 0 Å². The van der Waals surface area contributed by atoms with Gasteiger partial charge in [0.15, 0.2) is 17.7 Å². The molecule has 4 rings (SSSR count). The van der Waals surface area contributed by atoms with Crippen molar-refractivity contribution in [2.75, 3.05) is 46.7 Å². The summed E-state index contributed by atoms with van der Waals surface area (Å²) >= 11 is 0. The van der Waals surface area contributed by atoms with Gasteiger partial charge in [-0.15, -0.1) is 17.5 Å². The number of rotatable bonds is 7. The summed E-state index contributed by atoms with van der Waals surface area (Å²) in [6.45, 7) is 1.85. The van der Waals surface area contributed by atoms with Crippen molar-refractivity contribution in [1.29, 1.82) is 0 Å². The van der Waals surface area contributed by atoms with E-state index in [1.165, 1.54) is 11.1 Å². The third-order valence-electron chi connectivity index (χ3n) is 5.43. The number of hydrogen-bond acceptors (Lipinski definition) is 6. The monoisotopic (exact) mass is 418 g/mol. The van der Waals surface area contributed by atoms with Crippen molar-refractivity contribution >= 4 is 30.1 Å². The Labute approximate surface area is 177 Å². The van der Waals surface area contributed by atoms with Gasteiger partial charge in [0, 0.05) is 18.2 Å². The van der Waals surface area contributed by atoms with E-state index in [1.807, 2.05) is 6.20 Å². The van der Waals surface area contributed by atoms with E-state index in [4.69, 9.17) is 9.57 Å². The number of hydrogen-bond donors (Lipinski definition) is 1. The van der Waals surface area contributed by atoms with E-state index in [0.29, 0.717) is 0 Å². The van der Waals surface area contributed by atoms with Crippen LogP contribution in [0.2, 0.25) is 0 Å². The molecule has 3 aliphatic rings. The Morgan fingerprint density at radius 3 is 2.83 bits per heavy atom. The van der Waals surface area contributed by atoms with Gasteiger partial charge in [0.1, 0.15) is 0 Å². The predicted molar refractivity (Wildman–Crippen MR) is 116 cm³/mol. The molecule has 29 heavy (non-hydrogen) atoms. The zero-order chi connectivity index (χ0) is 19.7. The highest BCUT2D eigenvalue weighted by Gasteiger charge is 2.49. The summed E-state index contributed by atoms with van der Waals surface area (Å²) in [6, 6.07) is 0. The second-order valence-corrected chi connectivity index (χ2v) is 7.49. The number of quaternary nitrogens is 1. The van der Waals surface area contributed by atoms with Crippen molar-refractivity contribution in [2.45, 2.75) is 19.3 Å². The fraction of sp³-hybridized carbons (Fsp3) is 0.429. The van der Waals surface area contributed by atoms with Crippen molar-refractivity contribution in [3.8, 4) is 0 Å². The average Bonchev–Trinajstić information content (AvgIpc) is 3.07. The van der Waals surface area contributed by atoms with Gasteiger partial charge in [0.25, 0.3) is 0 Å². The molecule has 1 aromatic rings. The molecule has 1 unspecified atom stereocenters. The first-order chi connectivity index (χ1) is 13.6. The number of aromatic nitrogens is 2. The number of hydroxylamine groups is 3. The highest BCUT2D eigenvalue weighted by molar-refractivity contribution is 5.85. The van der Waals surface area contributed by atoms with Crippen molar-refractivity contribution in [1.82, 2.24) is 15.1 Å². The maximum atomic E-state index is 6.04. The Morgan fingerprint density at radius 2 is 2.10 bits per heavy atom. The highest BCUT2D eigenvalue weighted by Crippen LogP contribution is 2.43. The van der Waals surface area contributed by atoms with Gasteiger partial charge in [-0.05, 0) is 45.5 Å². The minimum atomic E-state index is 0. The summed E-state index contributed by atoms with van der Waals surface area (Å²) in [5.41, 5.74) is 3.51. The Hall–Kier alpha value is -2.19. The summed E-state index contributed by atoms with van der Waals surface area (Å²) in [5.74, 6) is 1.55. The SMILES string of the molecule is COC1=CC2=C(C=CCC2)C2=c3c(NCCCN(C)C)nncc3=C[N+]12OC.Cl.